The van der Waals surface area contributed by atoms with Crippen molar-refractivity contribution in [3.8, 4) is 5.75 Å². The van der Waals surface area contributed by atoms with Crippen LogP contribution in [0.1, 0.15) is 12.5 Å². The molecule has 0 aliphatic carbocycles. The molecule has 0 fully saturated rings. The summed E-state index contributed by atoms with van der Waals surface area (Å²) in [5, 5.41) is 0. The maximum atomic E-state index is 10.8. The van der Waals surface area contributed by atoms with E-state index in [0.29, 0.717) is 12.8 Å². The van der Waals surface area contributed by atoms with Crippen LogP contribution in [0.4, 0.5) is 0 Å². The summed E-state index contributed by atoms with van der Waals surface area (Å²) in [5.74, 6) is 0.753. The number of hydrogen-bond acceptors (Lipinski definition) is 5. The van der Waals surface area contributed by atoms with Crippen LogP contribution in [0.3, 0.4) is 0 Å². The quantitative estimate of drug-likeness (QED) is 0.653. The molecular formula is C13H16O5. The van der Waals surface area contributed by atoms with Crippen LogP contribution < -0.4 is 4.74 Å². The molecule has 5 heteroatoms. The third-order valence-electron chi connectivity index (χ3n) is 2.47. The lowest BCUT2D eigenvalue weighted by Gasteiger charge is -2.17. The molecule has 0 saturated heterocycles. The highest BCUT2D eigenvalue weighted by Crippen LogP contribution is 2.13. The number of carbonyl (C=O) groups is 2. The number of carbonyl (C=O) groups excluding carboxylic acids is 2. The van der Waals surface area contributed by atoms with Gasteiger partial charge in [0.2, 0.25) is 0 Å². The number of rotatable bonds is 8. The van der Waals surface area contributed by atoms with Crippen LogP contribution >= 0.6 is 0 Å². The molecule has 1 aromatic carbocycles. The van der Waals surface area contributed by atoms with Crippen LogP contribution in [0.2, 0.25) is 0 Å². The van der Waals surface area contributed by atoms with Gasteiger partial charge in [-0.3, -0.25) is 4.79 Å². The molecular weight excluding hydrogens is 236 g/mol. The zero-order valence-electron chi connectivity index (χ0n) is 10.4. The van der Waals surface area contributed by atoms with Gasteiger partial charge in [0.05, 0.1) is 13.7 Å². The second-order valence-corrected chi connectivity index (χ2v) is 3.70. The van der Waals surface area contributed by atoms with Crippen molar-refractivity contribution in [3.63, 3.8) is 0 Å². The number of aldehydes is 1. The summed E-state index contributed by atoms with van der Waals surface area (Å²) in [6.45, 7) is 2.17. The highest BCUT2D eigenvalue weighted by Gasteiger charge is 2.18. The van der Waals surface area contributed by atoms with Gasteiger partial charge in [-0.25, -0.2) is 0 Å². The molecule has 0 spiro atoms. The van der Waals surface area contributed by atoms with Crippen molar-refractivity contribution in [1.29, 1.82) is 0 Å². The Kier molecular flexibility index (Phi) is 5.87. The van der Waals surface area contributed by atoms with E-state index in [9.17, 15) is 9.59 Å². The van der Waals surface area contributed by atoms with Crippen LogP contribution in [-0.4, -0.2) is 32.1 Å². The minimum absolute atomic E-state index is 0.264. The second-order valence-electron chi connectivity index (χ2n) is 3.70. The molecule has 18 heavy (non-hydrogen) atoms. The molecule has 0 aromatic heterocycles. The molecule has 0 aliphatic rings. The van der Waals surface area contributed by atoms with Crippen LogP contribution in [0, 0.1) is 0 Å². The first kappa shape index (κ1) is 14.2. The topological polar surface area (TPSA) is 61.8 Å². The van der Waals surface area contributed by atoms with E-state index in [-0.39, 0.29) is 6.61 Å². The summed E-state index contributed by atoms with van der Waals surface area (Å²) in [7, 11) is 1.59. The summed E-state index contributed by atoms with van der Waals surface area (Å²) >= 11 is 0. The number of benzene rings is 1. The van der Waals surface area contributed by atoms with Crippen molar-refractivity contribution in [3.05, 3.63) is 29.8 Å². The maximum absolute atomic E-state index is 10.8. The zero-order chi connectivity index (χ0) is 13.4. The third-order valence-corrected chi connectivity index (χ3v) is 2.47. The van der Waals surface area contributed by atoms with E-state index < -0.39 is 12.2 Å². The molecule has 0 amide bonds. The minimum Gasteiger partial charge on any atom is -0.497 e. The first-order valence-corrected chi connectivity index (χ1v) is 5.50. The Morgan fingerprint density at radius 2 is 1.89 bits per heavy atom. The fourth-order valence-corrected chi connectivity index (χ4v) is 1.36. The van der Waals surface area contributed by atoms with Crippen molar-refractivity contribution in [1.82, 2.24) is 0 Å². The monoisotopic (exact) mass is 252 g/mol. The Hall–Kier alpha value is -1.88. The first-order chi connectivity index (χ1) is 8.71. The standard InChI is InChI=1S/C13H16O5/c1-10(18-9-15)13(7-14)17-8-11-3-5-12(16-2)6-4-11/h3-7,9-10,13H,8H2,1-2H3/t10-,13+/m1/s1. The Morgan fingerprint density at radius 3 is 2.39 bits per heavy atom. The van der Waals surface area contributed by atoms with Gasteiger partial charge < -0.3 is 19.0 Å². The van der Waals surface area contributed by atoms with Gasteiger partial charge in [0.25, 0.3) is 6.47 Å². The van der Waals surface area contributed by atoms with Gasteiger partial charge in [0.1, 0.15) is 18.0 Å². The fraction of sp³-hybridized carbons (Fsp3) is 0.385. The van der Waals surface area contributed by atoms with Crippen molar-refractivity contribution in [2.45, 2.75) is 25.7 Å². The van der Waals surface area contributed by atoms with E-state index in [0.717, 1.165) is 11.3 Å². The van der Waals surface area contributed by atoms with E-state index in [2.05, 4.69) is 4.74 Å². The van der Waals surface area contributed by atoms with E-state index in [1.165, 1.54) is 0 Å². The molecule has 0 bridgehead atoms. The van der Waals surface area contributed by atoms with Crippen LogP contribution in [0.5, 0.6) is 5.75 Å². The molecule has 0 saturated carbocycles. The predicted octanol–water partition coefficient (Wildman–Crippen LogP) is 1.34. The molecule has 0 N–H and O–H groups in total. The van der Waals surface area contributed by atoms with Gasteiger partial charge in [0, 0.05) is 0 Å². The van der Waals surface area contributed by atoms with Gasteiger partial charge in [-0.05, 0) is 24.6 Å². The molecule has 1 aromatic rings. The first-order valence-electron chi connectivity index (χ1n) is 5.50. The summed E-state index contributed by atoms with van der Waals surface area (Å²) in [6, 6.07) is 7.29. The van der Waals surface area contributed by atoms with Crippen LogP contribution in [0.25, 0.3) is 0 Å². The number of methoxy groups -OCH3 is 1. The van der Waals surface area contributed by atoms with Crippen molar-refractivity contribution in [2.75, 3.05) is 7.11 Å². The highest BCUT2D eigenvalue weighted by atomic mass is 16.6. The molecule has 0 unspecified atom stereocenters. The van der Waals surface area contributed by atoms with Gasteiger partial charge in [-0.1, -0.05) is 12.1 Å². The van der Waals surface area contributed by atoms with Gasteiger partial charge in [-0.15, -0.1) is 0 Å². The van der Waals surface area contributed by atoms with Crippen molar-refractivity contribution in [2.24, 2.45) is 0 Å². The van der Waals surface area contributed by atoms with Crippen LogP contribution in [0.15, 0.2) is 24.3 Å². The molecule has 0 radical (unpaired) electrons. The SMILES string of the molecule is COc1ccc(CO[C@@H](C=O)[C@@H](C)OC=O)cc1. The average Bonchev–Trinajstić information content (AvgIpc) is 2.40. The Balaban J connectivity index is 2.51. The average molecular weight is 252 g/mol. The lowest BCUT2D eigenvalue weighted by Crippen LogP contribution is -2.30. The zero-order valence-corrected chi connectivity index (χ0v) is 10.4. The number of hydrogen-bond donors (Lipinski definition) is 0. The Morgan fingerprint density at radius 1 is 1.22 bits per heavy atom. The summed E-state index contributed by atoms with van der Waals surface area (Å²) in [6.07, 6.45) is -0.743. The highest BCUT2D eigenvalue weighted by molar-refractivity contribution is 5.57. The largest absolute Gasteiger partial charge is 0.497 e. The summed E-state index contributed by atoms with van der Waals surface area (Å²) in [5.41, 5.74) is 0.904. The van der Waals surface area contributed by atoms with Crippen molar-refractivity contribution >= 4 is 12.8 Å². The van der Waals surface area contributed by atoms with E-state index >= 15 is 0 Å². The Bertz CT molecular complexity index is 373. The van der Waals surface area contributed by atoms with E-state index in [1.807, 2.05) is 12.1 Å². The maximum Gasteiger partial charge on any atom is 0.293 e. The predicted molar refractivity (Wildman–Crippen MR) is 64.2 cm³/mol. The van der Waals surface area contributed by atoms with Gasteiger partial charge in [-0.2, -0.15) is 0 Å². The molecule has 0 heterocycles. The minimum atomic E-state index is -0.766. The van der Waals surface area contributed by atoms with Gasteiger partial charge in [0.15, 0.2) is 6.29 Å². The number of ether oxygens (including phenoxy) is 3. The molecule has 0 aliphatic heterocycles. The van der Waals surface area contributed by atoms with E-state index in [1.54, 1.807) is 26.2 Å². The molecule has 2 atom stereocenters. The summed E-state index contributed by atoms with van der Waals surface area (Å²) in [4.78, 5) is 21.0. The normalized spacial score (nSPS) is 13.4. The third kappa shape index (κ3) is 4.18. The van der Waals surface area contributed by atoms with Crippen LogP contribution in [-0.2, 0) is 25.7 Å². The lowest BCUT2D eigenvalue weighted by molar-refractivity contribution is -0.145. The molecule has 5 nitrogen and oxygen atoms in total. The van der Waals surface area contributed by atoms with Crippen molar-refractivity contribution < 1.29 is 23.8 Å². The molecule has 98 valence electrons. The molecule has 1 rings (SSSR count). The summed E-state index contributed by atoms with van der Waals surface area (Å²) < 4.78 is 15.1. The second kappa shape index (κ2) is 7.45. The van der Waals surface area contributed by atoms with Gasteiger partial charge >= 0.3 is 0 Å². The fourth-order valence-electron chi connectivity index (χ4n) is 1.36. The van der Waals surface area contributed by atoms with E-state index in [4.69, 9.17) is 9.47 Å². The Labute approximate surface area is 106 Å². The lowest BCUT2D eigenvalue weighted by atomic mass is 10.2. The smallest absolute Gasteiger partial charge is 0.293 e.